The molecular weight excluding hydrogens is 280 g/mol. The molecule has 6 atom stereocenters. The van der Waals surface area contributed by atoms with E-state index in [1.54, 1.807) is 0 Å². The smallest absolute Gasteiger partial charge is 0.155 e. The Bertz CT molecular complexity index is 463. The quantitative estimate of drug-likeness (QED) is 0.750. The number of aliphatic hydroxyl groups is 3. The van der Waals surface area contributed by atoms with Crippen molar-refractivity contribution in [1.82, 2.24) is 0 Å². The Kier molecular flexibility index (Phi) is 5.14. The minimum atomic E-state index is -0.673. The lowest BCUT2D eigenvalue weighted by molar-refractivity contribution is -0.0951. The first-order valence-electron chi connectivity index (χ1n) is 8.37. The average molecular weight is 306 g/mol. The third-order valence-corrected chi connectivity index (χ3v) is 5.24. The topological polar surface area (TPSA) is 69.9 Å². The van der Waals surface area contributed by atoms with Gasteiger partial charge >= 0.3 is 0 Å². The Morgan fingerprint density at radius 1 is 1.09 bits per heavy atom. The van der Waals surface area contributed by atoms with Gasteiger partial charge in [0, 0.05) is 12.8 Å². The normalized spacial score (nSPS) is 35.5. The second-order valence-electron chi connectivity index (χ2n) is 6.75. The fourth-order valence-corrected chi connectivity index (χ4v) is 4.04. The van der Waals surface area contributed by atoms with E-state index in [0.717, 1.165) is 19.3 Å². The van der Waals surface area contributed by atoms with Gasteiger partial charge in [-0.15, -0.1) is 0 Å². The molecular formula is C18H26O4. The van der Waals surface area contributed by atoms with E-state index in [9.17, 15) is 15.3 Å². The SMILES string of the molecule is OC(CCc1ccccc1)CC[C@H]1C(O)CC2OC(O)CC21. The van der Waals surface area contributed by atoms with Crippen LogP contribution in [0, 0.1) is 11.8 Å². The average Bonchev–Trinajstić information content (AvgIpc) is 2.99. The first kappa shape index (κ1) is 15.9. The predicted molar refractivity (Wildman–Crippen MR) is 83.1 cm³/mol. The molecule has 4 heteroatoms. The Morgan fingerprint density at radius 3 is 2.64 bits per heavy atom. The molecule has 1 aromatic carbocycles. The first-order chi connectivity index (χ1) is 10.6. The second-order valence-corrected chi connectivity index (χ2v) is 6.75. The molecule has 1 aliphatic heterocycles. The van der Waals surface area contributed by atoms with E-state index in [0.29, 0.717) is 19.3 Å². The van der Waals surface area contributed by atoms with E-state index < -0.39 is 6.29 Å². The molecule has 1 saturated carbocycles. The lowest BCUT2D eigenvalue weighted by Crippen LogP contribution is -2.22. The molecule has 5 unspecified atom stereocenters. The van der Waals surface area contributed by atoms with E-state index in [1.807, 2.05) is 18.2 Å². The molecule has 1 heterocycles. The molecule has 1 saturated heterocycles. The number of fused-ring (bicyclic) bond motifs is 1. The molecule has 3 rings (SSSR count). The third-order valence-electron chi connectivity index (χ3n) is 5.24. The molecule has 22 heavy (non-hydrogen) atoms. The number of aryl methyl sites for hydroxylation is 1. The van der Waals surface area contributed by atoms with Gasteiger partial charge in [0.15, 0.2) is 6.29 Å². The van der Waals surface area contributed by atoms with Gasteiger partial charge in [0.2, 0.25) is 0 Å². The van der Waals surface area contributed by atoms with Gasteiger partial charge in [0.25, 0.3) is 0 Å². The first-order valence-corrected chi connectivity index (χ1v) is 8.37. The lowest BCUT2D eigenvalue weighted by atomic mass is 9.86. The molecule has 3 N–H and O–H groups in total. The van der Waals surface area contributed by atoms with Gasteiger partial charge in [-0.3, -0.25) is 0 Å². The highest BCUT2D eigenvalue weighted by Gasteiger charge is 2.48. The highest BCUT2D eigenvalue weighted by Crippen LogP contribution is 2.44. The van der Waals surface area contributed by atoms with Crippen LogP contribution in [0.15, 0.2) is 30.3 Å². The number of benzene rings is 1. The van der Waals surface area contributed by atoms with E-state index in [1.165, 1.54) is 5.56 Å². The van der Waals surface area contributed by atoms with Crippen LogP contribution in [-0.2, 0) is 11.2 Å². The highest BCUT2D eigenvalue weighted by molar-refractivity contribution is 5.14. The highest BCUT2D eigenvalue weighted by atomic mass is 16.6. The molecule has 0 radical (unpaired) electrons. The number of hydrogen-bond acceptors (Lipinski definition) is 4. The minimum Gasteiger partial charge on any atom is -0.393 e. The van der Waals surface area contributed by atoms with Crippen molar-refractivity contribution in [3.8, 4) is 0 Å². The largest absolute Gasteiger partial charge is 0.393 e. The summed E-state index contributed by atoms with van der Waals surface area (Å²) < 4.78 is 5.43. The maximum absolute atomic E-state index is 10.2. The number of hydrogen-bond donors (Lipinski definition) is 3. The Labute approximate surface area is 131 Å². The summed E-state index contributed by atoms with van der Waals surface area (Å²) in [7, 11) is 0. The van der Waals surface area contributed by atoms with Crippen LogP contribution in [0.5, 0.6) is 0 Å². The van der Waals surface area contributed by atoms with Crippen molar-refractivity contribution in [1.29, 1.82) is 0 Å². The molecule has 122 valence electrons. The van der Waals surface area contributed by atoms with E-state index >= 15 is 0 Å². The van der Waals surface area contributed by atoms with Gasteiger partial charge in [0.05, 0.1) is 18.3 Å². The van der Waals surface area contributed by atoms with Crippen molar-refractivity contribution in [2.45, 2.75) is 63.1 Å². The number of ether oxygens (including phenoxy) is 1. The summed E-state index contributed by atoms with van der Waals surface area (Å²) in [5.74, 6) is 0.389. The van der Waals surface area contributed by atoms with Crippen molar-refractivity contribution in [2.75, 3.05) is 0 Å². The van der Waals surface area contributed by atoms with Crippen LogP contribution in [0.4, 0.5) is 0 Å². The number of aliphatic hydroxyl groups excluding tert-OH is 3. The van der Waals surface area contributed by atoms with Crippen molar-refractivity contribution in [2.24, 2.45) is 11.8 Å². The van der Waals surface area contributed by atoms with Gasteiger partial charge in [-0.25, -0.2) is 0 Å². The molecule has 0 spiro atoms. The Morgan fingerprint density at radius 2 is 1.86 bits per heavy atom. The zero-order chi connectivity index (χ0) is 15.5. The summed E-state index contributed by atoms with van der Waals surface area (Å²) in [6.07, 6.45) is 3.00. The molecule has 4 nitrogen and oxygen atoms in total. The van der Waals surface area contributed by atoms with Crippen LogP contribution < -0.4 is 0 Å². The van der Waals surface area contributed by atoms with Crippen LogP contribution in [0.25, 0.3) is 0 Å². The predicted octanol–water partition coefficient (Wildman–Crippen LogP) is 1.86. The van der Waals surface area contributed by atoms with E-state index in [2.05, 4.69) is 12.1 Å². The third kappa shape index (κ3) is 3.69. The zero-order valence-electron chi connectivity index (χ0n) is 12.8. The fraction of sp³-hybridized carbons (Fsp3) is 0.667. The van der Waals surface area contributed by atoms with Crippen LogP contribution in [-0.4, -0.2) is 39.9 Å². The van der Waals surface area contributed by atoms with Gasteiger partial charge < -0.3 is 20.1 Å². The minimum absolute atomic E-state index is 0.00328. The summed E-state index contributed by atoms with van der Waals surface area (Å²) in [5, 5.41) is 29.9. The van der Waals surface area contributed by atoms with Crippen molar-refractivity contribution in [3.05, 3.63) is 35.9 Å². The van der Waals surface area contributed by atoms with Crippen LogP contribution >= 0.6 is 0 Å². The summed E-state index contributed by atoms with van der Waals surface area (Å²) in [5.41, 5.74) is 1.25. The molecule has 0 bridgehead atoms. The summed E-state index contributed by atoms with van der Waals surface area (Å²) in [6, 6.07) is 10.2. The standard InChI is InChI=1S/C18H26O4/c19-13(7-6-12-4-2-1-3-5-12)8-9-14-15-10-18(21)22-17(15)11-16(14)20/h1-5,13-21H,6-11H2/t13?,14-,15?,16?,17?,18?/m1/s1. The monoisotopic (exact) mass is 306 g/mol. The van der Waals surface area contributed by atoms with Crippen molar-refractivity contribution < 1.29 is 20.1 Å². The Balaban J connectivity index is 1.43. The molecule has 0 amide bonds. The fourth-order valence-electron chi connectivity index (χ4n) is 4.04. The van der Waals surface area contributed by atoms with Gasteiger partial charge in [-0.1, -0.05) is 30.3 Å². The van der Waals surface area contributed by atoms with Crippen LogP contribution in [0.3, 0.4) is 0 Å². The molecule has 1 aromatic rings. The van der Waals surface area contributed by atoms with Gasteiger partial charge in [0.1, 0.15) is 0 Å². The van der Waals surface area contributed by atoms with Crippen molar-refractivity contribution in [3.63, 3.8) is 0 Å². The van der Waals surface area contributed by atoms with E-state index in [4.69, 9.17) is 4.74 Å². The maximum atomic E-state index is 10.2. The number of rotatable bonds is 6. The van der Waals surface area contributed by atoms with Gasteiger partial charge in [-0.05, 0) is 43.1 Å². The molecule has 0 aromatic heterocycles. The lowest BCUT2D eigenvalue weighted by Gasteiger charge is -2.21. The second kappa shape index (κ2) is 7.09. The Hall–Kier alpha value is -0.940. The summed E-state index contributed by atoms with van der Waals surface area (Å²) in [6.45, 7) is 0. The summed E-state index contributed by atoms with van der Waals surface area (Å²) in [4.78, 5) is 0. The van der Waals surface area contributed by atoms with Gasteiger partial charge in [-0.2, -0.15) is 0 Å². The summed E-state index contributed by atoms with van der Waals surface area (Å²) >= 11 is 0. The van der Waals surface area contributed by atoms with Crippen LogP contribution in [0.1, 0.15) is 37.7 Å². The molecule has 2 fully saturated rings. The zero-order valence-corrected chi connectivity index (χ0v) is 12.8. The van der Waals surface area contributed by atoms with Crippen LogP contribution in [0.2, 0.25) is 0 Å². The maximum Gasteiger partial charge on any atom is 0.155 e. The molecule has 2 aliphatic rings. The van der Waals surface area contributed by atoms with E-state index in [-0.39, 0.29) is 30.1 Å². The molecule has 1 aliphatic carbocycles. The van der Waals surface area contributed by atoms with Crippen molar-refractivity contribution >= 4 is 0 Å².